The number of hydrogen-bond donors (Lipinski definition) is 2. The van der Waals surface area contributed by atoms with Gasteiger partial charge in [0.2, 0.25) is 0 Å². The number of amides is 1. The monoisotopic (exact) mass is 264 g/mol. The Balaban J connectivity index is 2.79. The van der Waals surface area contributed by atoms with Crippen molar-refractivity contribution in [2.45, 2.75) is 26.2 Å². The normalized spacial score (nSPS) is 10.5. The Bertz CT molecular complexity index is 393. The quantitative estimate of drug-likeness (QED) is 0.746. The molecule has 106 valence electrons. The Kier molecular flexibility index (Phi) is 7.15. The number of benzene rings is 1. The number of nitrogens with two attached hydrogens (primary N) is 1. The Hall–Kier alpha value is -1.39. The van der Waals surface area contributed by atoms with Crippen molar-refractivity contribution in [1.82, 2.24) is 4.90 Å². The van der Waals surface area contributed by atoms with Gasteiger partial charge in [-0.2, -0.15) is 0 Å². The van der Waals surface area contributed by atoms with Gasteiger partial charge in [0.05, 0.1) is 6.61 Å². The molecule has 0 aliphatic heterocycles. The van der Waals surface area contributed by atoms with Crippen LogP contribution >= 0.6 is 0 Å². The average molecular weight is 264 g/mol. The molecule has 4 nitrogen and oxygen atoms in total. The van der Waals surface area contributed by atoms with Crippen LogP contribution in [-0.2, 0) is 6.42 Å². The minimum Gasteiger partial charge on any atom is -0.395 e. The summed E-state index contributed by atoms with van der Waals surface area (Å²) in [7, 11) is 0. The van der Waals surface area contributed by atoms with Crippen molar-refractivity contribution < 1.29 is 9.90 Å². The van der Waals surface area contributed by atoms with Gasteiger partial charge >= 0.3 is 0 Å². The fourth-order valence-corrected chi connectivity index (χ4v) is 1.99. The first-order chi connectivity index (χ1) is 9.22. The lowest BCUT2D eigenvalue weighted by Crippen LogP contribution is -2.34. The molecular weight excluding hydrogens is 240 g/mol. The molecule has 4 heteroatoms. The Morgan fingerprint density at radius 3 is 2.79 bits per heavy atom. The zero-order valence-corrected chi connectivity index (χ0v) is 11.6. The van der Waals surface area contributed by atoms with Crippen molar-refractivity contribution in [2.75, 3.05) is 26.2 Å². The van der Waals surface area contributed by atoms with Gasteiger partial charge in [-0.3, -0.25) is 4.79 Å². The number of carbonyl (C=O) groups is 1. The Morgan fingerprint density at radius 1 is 1.37 bits per heavy atom. The second-order valence-electron chi connectivity index (χ2n) is 4.61. The van der Waals surface area contributed by atoms with Gasteiger partial charge in [-0.25, -0.2) is 0 Å². The third-order valence-corrected chi connectivity index (χ3v) is 3.05. The molecule has 0 spiro atoms. The number of rotatable bonds is 8. The topological polar surface area (TPSA) is 66.6 Å². The summed E-state index contributed by atoms with van der Waals surface area (Å²) in [5.74, 6) is -0.0126. The van der Waals surface area contributed by atoms with E-state index in [4.69, 9.17) is 10.8 Å². The lowest BCUT2D eigenvalue weighted by molar-refractivity contribution is 0.0719. The summed E-state index contributed by atoms with van der Waals surface area (Å²) >= 11 is 0. The van der Waals surface area contributed by atoms with E-state index in [9.17, 15) is 4.79 Å². The molecule has 0 unspecified atom stereocenters. The van der Waals surface area contributed by atoms with Crippen molar-refractivity contribution in [3.8, 4) is 0 Å². The second kappa shape index (κ2) is 8.67. The molecule has 19 heavy (non-hydrogen) atoms. The first kappa shape index (κ1) is 15.7. The molecule has 0 aliphatic carbocycles. The van der Waals surface area contributed by atoms with E-state index < -0.39 is 0 Å². The standard InChI is InChI=1S/C15H24N2O2/c1-2-3-9-17(10-11-18)15(19)14-6-4-5-13(12-14)7-8-16/h4-6,12,18H,2-3,7-11,16H2,1H3. The lowest BCUT2D eigenvalue weighted by Gasteiger charge is -2.21. The van der Waals surface area contributed by atoms with Gasteiger partial charge in [0.25, 0.3) is 5.91 Å². The van der Waals surface area contributed by atoms with Crippen LogP contribution in [-0.4, -0.2) is 42.2 Å². The number of hydrogen-bond acceptors (Lipinski definition) is 3. The maximum Gasteiger partial charge on any atom is 0.253 e. The number of unbranched alkanes of at least 4 members (excludes halogenated alkanes) is 1. The molecule has 0 atom stereocenters. The molecule has 0 saturated heterocycles. The van der Waals surface area contributed by atoms with E-state index in [0.29, 0.717) is 25.2 Å². The molecule has 1 aromatic rings. The molecule has 0 heterocycles. The smallest absolute Gasteiger partial charge is 0.253 e. The number of aliphatic hydroxyl groups excluding tert-OH is 1. The maximum atomic E-state index is 12.4. The van der Waals surface area contributed by atoms with Gasteiger partial charge in [0.1, 0.15) is 0 Å². The third-order valence-electron chi connectivity index (χ3n) is 3.05. The van der Waals surface area contributed by atoms with Crippen LogP contribution in [0.4, 0.5) is 0 Å². The van der Waals surface area contributed by atoms with Gasteiger partial charge < -0.3 is 15.7 Å². The van der Waals surface area contributed by atoms with E-state index in [2.05, 4.69) is 6.92 Å². The second-order valence-corrected chi connectivity index (χ2v) is 4.61. The largest absolute Gasteiger partial charge is 0.395 e. The average Bonchev–Trinajstić information content (AvgIpc) is 2.43. The summed E-state index contributed by atoms with van der Waals surface area (Å²) < 4.78 is 0. The minimum atomic E-state index is -0.0126. The summed E-state index contributed by atoms with van der Waals surface area (Å²) in [6, 6.07) is 7.57. The molecule has 0 saturated carbocycles. The van der Waals surface area contributed by atoms with E-state index in [1.165, 1.54) is 0 Å². The van der Waals surface area contributed by atoms with E-state index in [1.54, 1.807) is 4.90 Å². The number of nitrogens with zero attached hydrogens (tertiary/aromatic N) is 1. The summed E-state index contributed by atoms with van der Waals surface area (Å²) in [6.07, 6.45) is 2.76. The van der Waals surface area contributed by atoms with E-state index in [1.807, 2.05) is 24.3 Å². The molecule has 0 aliphatic rings. The highest BCUT2D eigenvalue weighted by atomic mass is 16.3. The maximum absolute atomic E-state index is 12.4. The summed E-state index contributed by atoms with van der Waals surface area (Å²) in [4.78, 5) is 14.1. The zero-order valence-electron chi connectivity index (χ0n) is 11.6. The van der Waals surface area contributed by atoms with E-state index in [0.717, 1.165) is 24.8 Å². The predicted octanol–water partition coefficient (Wildman–Crippen LogP) is 1.42. The van der Waals surface area contributed by atoms with Crippen LogP contribution in [0.25, 0.3) is 0 Å². The van der Waals surface area contributed by atoms with Crippen molar-refractivity contribution in [3.05, 3.63) is 35.4 Å². The van der Waals surface area contributed by atoms with Gasteiger partial charge in [-0.15, -0.1) is 0 Å². The van der Waals surface area contributed by atoms with Gasteiger partial charge in [0.15, 0.2) is 0 Å². The van der Waals surface area contributed by atoms with E-state index in [-0.39, 0.29) is 12.5 Å². The van der Waals surface area contributed by atoms with Crippen LogP contribution in [0, 0.1) is 0 Å². The molecule has 1 amide bonds. The molecule has 0 fully saturated rings. The van der Waals surface area contributed by atoms with Gasteiger partial charge in [-0.05, 0) is 37.1 Å². The summed E-state index contributed by atoms with van der Waals surface area (Å²) in [5, 5.41) is 9.06. The molecule has 0 aromatic heterocycles. The van der Waals surface area contributed by atoms with Gasteiger partial charge in [0, 0.05) is 18.7 Å². The fraction of sp³-hybridized carbons (Fsp3) is 0.533. The number of carbonyl (C=O) groups excluding carboxylic acids is 1. The molecule has 1 rings (SSSR count). The van der Waals surface area contributed by atoms with Crippen molar-refractivity contribution >= 4 is 5.91 Å². The van der Waals surface area contributed by atoms with Gasteiger partial charge in [-0.1, -0.05) is 25.5 Å². The first-order valence-electron chi connectivity index (χ1n) is 6.92. The SMILES string of the molecule is CCCCN(CCO)C(=O)c1cccc(CCN)c1. The summed E-state index contributed by atoms with van der Waals surface area (Å²) in [6.45, 7) is 3.74. The zero-order chi connectivity index (χ0) is 14.1. The summed E-state index contributed by atoms with van der Waals surface area (Å²) in [5.41, 5.74) is 7.28. The van der Waals surface area contributed by atoms with Crippen molar-refractivity contribution in [3.63, 3.8) is 0 Å². The highest BCUT2D eigenvalue weighted by Crippen LogP contribution is 2.10. The van der Waals surface area contributed by atoms with Crippen LogP contribution < -0.4 is 5.73 Å². The van der Waals surface area contributed by atoms with Crippen molar-refractivity contribution in [1.29, 1.82) is 0 Å². The van der Waals surface area contributed by atoms with Crippen LogP contribution in [0.15, 0.2) is 24.3 Å². The first-order valence-corrected chi connectivity index (χ1v) is 6.92. The van der Waals surface area contributed by atoms with Crippen LogP contribution in [0.5, 0.6) is 0 Å². The third kappa shape index (κ3) is 5.01. The highest BCUT2D eigenvalue weighted by molar-refractivity contribution is 5.94. The molecule has 3 N–H and O–H groups in total. The molecular formula is C15H24N2O2. The molecule has 0 radical (unpaired) electrons. The molecule has 1 aromatic carbocycles. The minimum absolute atomic E-state index is 0.00204. The fourth-order valence-electron chi connectivity index (χ4n) is 1.99. The number of aliphatic hydroxyl groups is 1. The van der Waals surface area contributed by atoms with Crippen LogP contribution in [0.3, 0.4) is 0 Å². The highest BCUT2D eigenvalue weighted by Gasteiger charge is 2.14. The Labute approximate surface area is 115 Å². The lowest BCUT2D eigenvalue weighted by atomic mass is 10.1. The predicted molar refractivity (Wildman–Crippen MR) is 77.1 cm³/mol. The van der Waals surface area contributed by atoms with Crippen molar-refractivity contribution in [2.24, 2.45) is 5.73 Å². The Morgan fingerprint density at radius 2 is 2.16 bits per heavy atom. The van der Waals surface area contributed by atoms with Crippen LogP contribution in [0.1, 0.15) is 35.7 Å². The molecule has 0 bridgehead atoms. The van der Waals surface area contributed by atoms with E-state index >= 15 is 0 Å². The van der Waals surface area contributed by atoms with Crippen LogP contribution in [0.2, 0.25) is 0 Å².